The quantitative estimate of drug-likeness (QED) is 0.221. The van der Waals surface area contributed by atoms with E-state index in [0.717, 1.165) is 45.6 Å². The van der Waals surface area contributed by atoms with Gasteiger partial charge in [0.2, 0.25) is 0 Å². The molecule has 0 radical (unpaired) electrons. The Morgan fingerprint density at radius 2 is 1.04 bits per heavy atom. The SMILES string of the molecule is CCCCO[Si](OCCCC)(OCCCC)[SiH2]CCCCCCCCN. The smallest absolute Gasteiger partial charge is 0.377 e. The molecule has 0 spiro atoms. The molecule has 0 unspecified atom stereocenters. The monoisotopic (exact) mass is 405 g/mol. The van der Waals surface area contributed by atoms with E-state index in [9.17, 15) is 0 Å². The van der Waals surface area contributed by atoms with E-state index in [2.05, 4.69) is 20.8 Å². The van der Waals surface area contributed by atoms with Crippen LogP contribution in [0.25, 0.3) is 0 Å². The molecule has 0 bridgehead atoms. The molecule has 26 heavy (non-hydrogen) atoms. The third-order valence-electron chi connectivity index (χ3n) is 4.65. The lowest BCUT2D eigenvalue weighted by molar-refractivity contribution is 0.0766. The first-order valence-electron chi connectivity index (χ1n) is 11.4. The Bertz CT molecular complexity index is 257. The van der Waals surface area contributed by atoms with E-state index >= 15 is 0 Å². The van der Waals surface area contributed by atoms with Crippen molar-refractivity contribution in [3.63, 3.8) is 0 Å². The highest BCUT2D eigenvalue weighted by atomic mass is 29.2. The standard InChI is InChI=1S/C20H47NO3Si2/c1-4-7-17-22-26(23-18-8-5-2,24-19-9-6-3)25-20-15-13-11-10-12-14-16-21/h4-21,25H2,1-3H3. The van der Waals surface area contributed by atoms with Crippen LogP contribution in [0.4, 0.5) is 0 Å². The van der Waals surface area contributed by atoms with Crippen molar-refractivity contribution in [2.24, 2.45) is 5.73 Å². The van der Waals surface area contributed by atoms with Crippen LogP contribution in [0, 0.1) is 0 Å². The van der Waals surface area contributed by atoms with Gasteiger partial charge in [0.05, 0.1) is 0 Å². The average molecular weight is 406 g/mol. The molecule has 6 heteroatoms. The van der Waals surface area contributed by atoms with Gasteiger partial charge in [0.1, 0.15) is 9.04 Å². The van der Waals surface area contributed by atoms with E-state index in [4.69, 9.17) is 19.0 Å². The van der Waals surface area contributed by atoms with Crippen molar-refractivity contribution < 1.29 is 13.3 Å². The van der Waals surface area contributed by atoms with Crippen LogP contribution in [0.5, 0.6) is 0 Å². The van der Waals surface area contributed by atoms with E-state index in [-0.39, 0.29) is 0 Å². The van der Waals surface area contributed by atoms with Crippen molar-refractivity contribution in [1.29, 1.82) is 0 Å². The van der Waals surface area contributed by atoms with Gasteiger partial charge in [-0.25, -0.2) is 0 Å². The normalized spacial score (nSPS) is 12.5. The zero-order valence-electron chi connectivity index (χ0n) is 18.0. The Kier molecular flexibility index (Phi) is 20.2. The molecule has 4 nitrogen and oxygen atoms in total. The minimum atomic E-state index is -2.37. The fourth-order valence-corrected chi connectivity index (χ4v) is 10.6. The minimum absolute atomic E-state index is 0.457. The first-order chi connectivity index (χ1) is 12.7. The second kappa shape index (κ2) is 20.0. The summed E-state index contributed by atoms with van der Waals surface area (Å²) in [5.74, 6) is 0. The van der Waals surface area contributed by atoms with Crippen LogP contribution >= 0.6 is 0 Å². The molecule has 0 fully saturated rings. The van der Waals surface area contributed by atoms with Gasteiger partial charge in [0, 0.05) is 19.8 Å². The predicted molar refractivity (Wildman–Crippen MR) is 118 cm³/mol. The summed E-state index contributed by atoms with van der Waals surface area (Å²) in [4.78, 5) is 0. The molecule has 0 rings (SSSR count). The van der Waals surface area contributed by atoms with Gasteiger partial charge in [-0.1, -0.05) is 78.2 Å². The fraction of sp³-hybridized carbons (Fsp3) is 1.00. The first kappa shape index (κ1) is 26.3. The molecule has 0 saturated carbocycles. The maximum absolute atomic E-state index is 6.37. The van der Waals surface area contributed by atoms with Gasteiger partial charge in [-0.15, -0.1) is 0 Å². The second-order valence-electron chi connectivity index (χ2n) is 7.30. The predicted octanol–water partition coefficient (Wildman–Crippen LogP) is 4.76. The zero-order chi connectivity index (χ0) is 19.3. The minimum Gasteiger partial charge on any atom is -0.377 e. The highest BCUT2D eigenvalue weighted by Gasteiger charge is 2.39. The molecule has 0 saturated heterocycles. The summed E-state index contributed by atoms with van der Waals surface area (Å²) in [7, 11) is -2.82. The third kappa shape index (κ3) is 15.3. The van der Waals surface area contributed by atoms with Gasteiger partial charge in [-0.05, 0) is 32.2 Å². The van der Waals surface area contributed by atoms with Crippen molar-refractivity contribution >= 4 is 17.4 Å². The van der Waals surface area contributed by atoms with E-state index in [0.29, 0.717) is 0 Å². The Morgan fingerprint density at radius 1 is 0.615 bits per heavy atom. The zero-order valence-corrected chi connectivity index (χ0v) is 20.4. The highest BCUT2D eigenvalue weighted by Crippen LogP contribution is 2.16. The summed E-state index contributed by atoms with van der Waals surface area (Å²) in [5, 5.41) is 0. The van der Waals surface area contributed by atoms with Crippen LogP contribution in [0.3, 0.4) is 0 Å². The maximum atomic E-state index is 6.37. The molecule has 0 amide bonds. The summed E-state index contributed by atoms with van der Waals surface area (Å²) in [6.07, 6.45) is 14.6. The van der Waals surface area contributed by atoms with Gasteiger partial charge in [-0.3, -0.25) is 0 Å². The summed E-state index contributed by atoms with van der Waals surface area (Å²) in [5.41, 5.74) is 5.56. The number of unbranched alkanes of at least 4 members (excludes halogenated alkanes) is 8. The van der Waals surface area contributed by atoms with Gasteiger partial charge >= 0.3 is 8.32 Å². The molecule has 0 atom stereocenters. The van der Waals surface area contributed by atoms with Crippen LogP contribution in [-0.2, 0) is 13.3 Å². The average Bonchev–Trinajstić information content (AvgIpc) is 2.64. The first-order valence-corrected chi connectivity index (χ1v) is 16.4. The molecule has 0 aromatic heterocycles. The Hall–Kier alpha value is 0.274. The largest absolute Gasteiger partial charge is 0.462 e. The summed E-state index contributed by atoms with van der Waals surface area (Å²) >= 11 is 0. The molecular weight excluding hydrogens is 358 g/mol. The lowest BCUT2D eigenvalue weighted by Gasteiger charge is -2.30. The number of rotatable bonds is 21. The van der Waals surface area contributed by atoms with Gasteiger partial charge in [0.15, 0.2) is 0 Å². The Balaban J connectivity index is 4.38. The van der Waals surface area contributed by atoms with Crippen molar-refractivity contribution in [1.82, 2.24) is 0 Å². The number of hydrogen-bond donors (Lipinski definition) is 1. The molecule has 0 aliphatic carbocycles. The summed E-state index contributed by atoms with van der Waals surface area (Å²) in [6.45, 7) is 9.91. The Labute approximate surface area is 166 Å². The number of nitrogens with two attached hydrogens (primary N) is 1. The van der Waals surface area contributed by atoms with Gasteiger partial charge in [0.25, 0.3) is 0 Å². The van der Waals surface area contributed by atoms with Crippen LogP contribution < -0.4 is 5.73 Å². The highest BCUT2D eigenvalue weighted by molar-refractivity contribution is 7.14. The van der Waals surface area contributed by atoms with Crippen LogP contribution in [0.2, 0.25) is 6.04 Å². The van der Waals surface area contributed by atoms with Gasteiger partial charge < -0.3 is 19.0 Å². The van der Waals surface area contributed by atoms with Crippen molar-refractivity contribution in [3.05, 3.63) is 0 Å². The summed E-state index contributed by atoms with van der Waals surface area (Å²) < 4.78 is 19.1. The molecule has 0 heterocycles. The molecule has 0 aromatic carbocycles. The van der Waals surface area contributed by atoms with Gasteiger partial charge in [-0.2, -0.15) is 0 Å². The molecular formula is C20H47NO3Si2. The number of hydrogen-bond acceptors (Lipinski definition) is 4. The van der Waals surface area contributed by atoms with Crippen molar-refractivity contribution in [3.8, 4) is 0 Å². The lowest BCUT2D eigenvalue weighted by Crippen LogP contribution is -2.52. The van der Waals surface area contributed by atoms with Crippen molar-refractivity contribution in [2.45, 2.75) is 104 Å². The van der Waals surface area contributed by atoms with Crippen LogP contribution in [-0.4, -0.2) is 43.7 Å². The van der Waals surface area contributed by atoms with Crippen molar-refractivity contribution in [2.75, 3.05) is 26.4 Å². The maximum Gasteiger partial charge on any atom is 0.462 e. The molecule has 0 aliphatic heterocycles. The summed E-state index contributed by atoms with van der Waals surface area (Å²) in [6, 6.07) is 1.30. The molecule has 0 aliphatic rings. The van der Waals surface area contributed by atoms with Crippen LogP contribution in [0.15, 0.2) is 0 Å². The third-order valence-corrected chi connectivity index (χ3v) is 12.8. The lowest BCUT2D eigenvalue weighted by atomic mass is 10.1. The molecule has 0 aromatic rings. The topological polar surface area (TPSA) is 53.7 Å². The van der Waals surface area contributed by atoms with E-state index in [1.54, 1.807) is 0 Å². The second-order valence-corrected chi connectivity index (χ2v) is 14.8. The van der Waals surface area contributed by atoms with E-state index < -0.39 is 17.4 Å². The van der Waals surface area contributed by atoms with E-state index in [1.165, 1.54) is 63.8 Å². The van der Waals surface area contributed by atoms with Crippen LogP contribution in [0.1, 0.15) is 97.8 Å². The Morgan fingerprint density at radius 3 is 1.46 bits per heavy atom. The molecule has 158 valence electrons. The van der Waals surface area contributed by atoms with E-state index in [1.807, 2.05) is 0 Å². The fourth-order valence-electron chi connectivity index (χ4n) is 2.83. The molecule has 2 N–H and O–H groups in total.